The molecule has 4 aromatic rings. The third kappa shape index (κ3) is 6.70. The van der Waals surface area contributed by atoms with Crippen molar-refractivity contribution in [1.82, 2.24) is 9.13 Å². The number of aromatic nitrogens is 2. The zero-order chi connectivity index (χ0) is 27.7. The van der Waals surface area contributed by atoms with E-state index in [1.54, 1.807) is 0 Å². The second-order valence-electron chi connectivity index (χ2n) is 9.51. The summed E-state index contributed by atoms with van der Waals surface area (Å²) >= 11 is 0. The Kier molecular flexibility index (Phi) is 10.2. The predicted molar refractivity (Wildman–Crippen MR) is 160 cm³/mol. The van der Waals surface area contributed by atoms with E-state index in [-0.39, 0.29) is 17.9 Å². The molecule has 206 valence electrons. The maximum Gasteiger partial charge on any atom is 0.334 e. The van der Waals surface area contributed by atoms with Gasteiger partial charge in [-0.2, -0.15) is 0 Å². The van der Waals surface area contributed by atoms with Gasteiger partial charge in [-0.25, -0.2) is 4.79 Å². The van der Waals surface area contributed by atoms with Gasteiger partial charge in [0.05, 0.1) is 36.5 Å². The molecule has 4 rings (SSSR count). The van der Waals surface area contributed by atoms with Gasteiger partial charge in [-0.1, -0.05) is 98.6 Å². The van der Waals surface area contributed by atoms with Gasteiger partial charge in [-0.15, -0.1) is 0 Å². The van der Waals surface area contributed by atoms with E-state index in [1.165, 1.54) is 0 Å². The Balaban J connectivity index is 1.98. The Morgan fingerprint density at radius 3 is 1.74 bits per heavy atom. The molecule has 0 aliphatic carbocycles. The predicted octanol–water partition coefficient (Wildman–Crippen LogP) is 8.36. The minimum absolute atomic E-state index is 0.109. The lowest BCUT2D eigenvalue weighted by molar-refractivity contribution is 0.217. The highest BCUT2D eigenvalue weighted by Crippen LogP contribution is 2.50. The van der Waals surface area contributed by atoms with Crippen molar-refractivity contribution >= 4 is 7.60 Å². The normalized spacial score (nSPS) is 12.5. The number of rotatable bonds is 14. The molecule has 39 heavy (non-hydrogen) atoms. The van der Waals surface area contributed by atoms with Crippen molar-refractivity contribution < 1.29 is 13.6 Å². The van der Waals surface area contributed by atoms with Gasteiger partial charge in [0.15, 0.2) is 0 Å². The Hall–Kier alpha value is -3.18. The van der Waals surface area contributed by atoms with Crippen LogP contribution in [0.25, 0.3) is 28.2 Å². The summed E-state index contributed by atoms with van der Waals surface area (Å²) in [5.74, 6) is 0. The van der Waals surface area contributed by atoms with Crippen molar-refractivity contribution in [3.05, 3.63) is 101 Å². The van der Waals surface area contributed by atoms with E-state index in [9.17, 15) is 9.36 Å². The fraction of sp³-hybridized carbons (Fsp3) is 0.344. The first-order valence-electron chi connectivity index (χ1n) is 13.9. The van der Waals surface area contributed by atoms with Crippen molar-refractivity contribution in [3.8, 4) is 28.2 Å². The van der Waals surface area contributed by atoms with Crippen LogP contribution >= 0.6 is 7.60 Å². The van der Waals surface area contributed by atoms with Gasteiger partial charge in [-0.05, 0) is 38.8 Å². The van der Waals surface area contributed by atoms with Gasteiger partial charge in [-0.3, -0.25) is 13.7 Å². The number of nitrogens with zero attached hydrogens (tertiary/aromatic N) is 2. The van der Waals surface area contributed by atoms with Crippen LogP contribution in [0.2, 0.25) is 0 Å². The van der Waals surface area contributed by atoms with Gasteiger partial charge in [0, 0.05) is 17.2 Å². The van der Waals surface area contributed by atoms with Crippen molar-refractivity contribution in [2.75, 3.05) is 19.4 Å². The molecule has 1 atom stereocenters. The van der Waals surface area contributed by atoms with E-state index in [0.29, 0.717) is 19.6 Å². The number of para-hydroxylation sites is 1. The Bertz CT molecular complexity index is 1410. The van der Waals surface area contributed by atoms with E-state index in [0.717, 1.165) is 47.5 Å². The second kappa shape index (κ2) is 13.7. The van der Waals surface area contributed by atoms with E-state index in [4.69, 9.17) is 9.05 Å². The first-order valence-corrected chi connectivity index (χ1v) is 15.7. The molecule has 0 saturated heterocycles. The van der Waals surface area contributed by atoms with Crippen LogP contribution in [0.4, 0.5) is 0 Å². The molecule has 0 fully saturated rings. The maximum atomic E-state index is 14.5. The molecule has 0 saturated carbocycles. The number of imidazole rings is 1. The van der Waals surface area contributed by atoms with Crippen molar-refractivity contribution in [1.29, 1.82) is 0 Å². The van der Waals surface area contributed by atoms with E-state index in [2.05, 4.69) is 19.1 Å². The molecule has 0 N–H and O–H groups in total. The van der Waals surface area contributed by atoms with Gasteiger partial charge in [0.25, 0.3) is 0 Å². The van der Waals surface area contributed by atoms with Crippen LogP contribution in [0.15, 0.2) is 95.8 Å². The lowest BCUT2D eigenvalue weighted by Gasteiger charge is -2.24. The number of unbranched alkanes of at least 4 members (excludes halogenated alkanes) is 1. The number of hydrogen-bond donors (Lipinski definition) is 0. The van der Waals surface area contributed by atoms with Crippen LogP contribution in [0, 0.1) is 0 Å². The summed E-state index contributed by atoms with van der Waals surface area (Å²) in [6, 6.07) is 29.7. The molecule has 0 amide bonds. The minimum Gasteiger partial charge on any atom is -0.309 e. The van der Waals surface area contributed by atoms with Crippen LogP contribution in [-0.4, -0.2) is 28.5 Å². The summed E-state index contributed by atoms with van der Waals surface area (Å²) < 4.78 is 28.4. The lowest BCUT2D eigenvalue weighted by Crippen LogP contribution is -2.28. The molecule has 1 unspecified atom stereocenters. The zero-order valence-corrected chi connectivity index (χ0v) is 24.1. The summed E-state index contributed by atoms with van der Waals surface area (Å²) in [5.41, 5.74) is 4.32. The third-order valence-electron chi connectivity index (χ3n) is 6.84. The second-order valence-corrected chi connectivity index (χ2v) is 11.7. The molecule has 1 heterocycles. The molecule has 0 spiro atoms. The van der Waals surface area contributed by atoms with Crippen LogP contribution in [0.3, 0.4) is 0 Å². The highest BCUT2D eigenvalue weighted by atomic mass is 31.2. The minimum atomic E-state index is -3.27. The fourth-order valence-electron chi connectivity index (χ4n) is 5.12. The maximum absolute atomic E-state index is 14.5. The largest absolute Gasteiger partial charge is 0.334 e. The van der Waals surface area contributed by atoms with Crippen molar-refractivity contribution in [2.24, 2.45) is 0 Å². The summed E-state index contributed by atoms with van der Waals surface area (Å²) in [6.45, 7) is 6.42. The molecule has 7 heteroatoms. The molecule has 3 aromatic carbocycles. The van der Waals surface area contributed by atoms with Gasteiger partial charge in [0.2, 0.25) is 0 Å². The average molecular weight is 547 g/mol. The monoisotopic (exact) mass is 546 g/mol. The van der Waals surface area contributed by atoms with E-state index < -0.39 is 7.60 Å². The number of hydrogen-bond acceptors (Lipinski definition) is 4. The molecule has 6 nitrogen and oxygen atoms in total. The average Bonchev–Trinajstić information content (AvgIpc) is 3.27. The highest BCUT2D eigenvalue weighted by molar-refractivity contribution is 7.53. The van der Waals surface area contributed by atoms with Gasteiger partial charge >= 0.3 is 13.3 Å². The summed E-state index contributed by atoms with van der Waals surface area (Å²) in [4.78, 5) is 14.5. The van der Waals surface area contributed by atoms with Crippen LogP contribution in [-0.2, 0) is 13.6 Å². The fourth-order valence-corrected chi connectivity index (χ4v) is 6.85. The smallest absolute Gasteiger partial charge is 0.309 e. The van der Waals surface area contributed by atoms with Crippen molar-refractivity contribution in [3.63, 3.8) is 0 Å². The van der Waals surface area contributed by atoms with Crippen LogP contribution in [0.1, 0.15) is 52.5 Å². The summed E-state index contributed by atoms with van der Waals surface area (Å²) in [7, 11) is -3.27. The van der Waals surface area contributed by atoms with Crippen LogP contribution < -0.4 is 5.69 Å². The Labute approximate surface area is 231 Å². The van der Waals surface area contributed by atoms with E-state index >= 15 is 0 Å². The van der Waals surface area contributed by atoms with Gasteiger partial charge in [0.1, 0.15) is 0 Å². The standard InChI is InChI=1S/C32H39N2O4P/c1-4-7-21-29(24-25-39(36,37-5-2)38-6-3)34-31(27-19-13-9-14-20-27)30(26-17-11-8-12-18-26)33(32(34)35)28-22-15-10-16-23-28/h8-20,22-23,29H,4-7,21,24-25H2,1-3H3. The molecule has 0 aliphatic rings. The quantitative estimate of drug-likeness (QED) is 0.149. The topological polar surface area (TPSA) is 62.5 Å². The molecule has 1 aromatic heterocycles. The molecular formula is C32H39N2O4P. The SMILES string of the molecule is CCCCC(CCP(=O)(OCC)OCC)n1c(-c2ccccc2)c(-c2ccccc2)n(-c2ccccc2)c1=O. The molecule has 0 bridgehead atoms. The lowest BCUT2D eigenvalue weighted by atomic mass is 10.0. The summed E-state index contributed by atoms with van der Waals surface area (Å²) in [6.07, 6.45) is 3.47. The third-order valence-corrected chi connectivity index (χ3v) is 8.95. The Morgan fingerprint density at radius 2 is 1.23 bits per heavy atom. The molecular weight excluding hydrogens is 507 g/mol. The zero-order valence-electron chi connectivity index (χ0n) is 23.2. The Morgan fingerprint density at radius 1 is 0.718 bits per heavy atom. The van der Waals surface area contributed by atoms with Crippen molar-refractivity contribution in [2.45, 2.75) is 52.5 Å². The molecule has 0 radical (unpaired) electrons. The first kappa shape index (κ1) is 28.8. The number of benzene rings is 3. The first-order chi connectivity index (χ1) is 19.0. The summed E-state index contributed by atoms with van der Waals surface area (Å²) in [5, 5.41) is 0. The van der Waals surface area contributed by atoms with Crippen LogP contribution in [0.5, 0.6) is 0 Å². The highest BCUT2D eigenvalue weighted by Gasteiger charge is 2.31. The molecule has 0 aliphatic heterocycles. The van der Waals surface area contributed by atoms with E-state index in [1.807, 2.05) is 102 Å². The van der Waals surface area contributed by atoms with Gasteiger partial charge < -0.3 is 9.05 Å².